The summed E-state index contributed by atoms with van der Waals surface area (Å²) in [5, 5.41) is 3.32. The fourth-order valence-corrected chi connectivity index (χ4v) is 2.72. The molecule has 0 radical (unpaired) electrons. The molecule has 118 valence electrons. The molecule has 4 heteroatoms. The molecule has 2 rings (SSSR count). The number of hydrogen-bond donors (Lipinski definition) is 1. The average molecular weight is 311 g/mol. The Balaban J connectivity index is 0.00000220. The van der Waals surface area contributed by atoms with E-state index in [0.29, 0.717) is 18.4 Å². The standard InChI is InChI=1S/C17H26N2O.ClH/c1-14-7-9-16(10-8-14)5-3-4-6-17(20)19-12-11-18-13-15(19)2;/h7-10,15,18H,3-6,11-13H2,1-2H3;1H. The van der Waals surface area contributed by atoms with Crippen molar-refractivity contribution in [3.8, 4) is 0 Å². The Morgan fingerprint density at radius 2 is 2.00 bits per heavy atom. The van der Waals surface area contributed by atoms with E-state index in [0.717, 1.165) is 38.9 Å². The minimum atomic E-state index is 0. The summed E-state index contributed by atoms with van der Waals surface area (Å²) in [6.07, 6.45) is 3.85. The molecule has 1 heterocycles. The Labute approximate surface area is 134 Å². The van der Waals surface area contributed by atoms with Gasteiger partial charge in [-0.05, 0) is 38.7 Å². The number of rotatable bonds is 5. The highest BCUT2D eigenvalue weighted by Crippen LogP contribution is 2.11. The second kappa shape index (κ2) is 9.06. The zero-order valence-electron chi connectivity index (χ0n) is 13.1. The molecule has 1 N–H and O–H groups in total. The Morgan fingerprint density at radius 3 is 2.67 bits per heavy atom. The van der Waals surface area contributed by atoms with Crippen LogP contribution in [-0.2, 0) is 11.2 Å². The van der Waals surface area contributed by atoms with Crippen LogP contribution < -0.4 is 5.32 Å². The lowest BCUT2D eigenvalue weighted by atomic mass is 10.0. The van der Waals surface area contributed by atoms with Crippen molar-refractivity contribution < 1.29 is 4.79 Å². The number of benzene rings is 1. The number of halogens is 1. The van der Waals surface area contributed by atoms with Gasteiger partial charge < -0.3 is 10.2 Å². The van der Waals surface area contributed by atoms with Crippen LogP contribution in [0, 0.1) is 6.92 Å². The SMILES string of the molecule is Cc1ccc(CCCCC(=O)N2CCNCC2C)cc1.Cl. The summed E-state index contributed by atoms with van der Waals surface area (Å²) in [4.78, 5) is 14.2. The monoisotopic (exact) mass is 310 g/mol. The van der Waals surface area contributed by atoms with E-state index in [9.17, 15) is 4.79 Å². The Bertz CT molecular complexity index is 433. The van der Waals surface area contributed by atoms with Gasteiger partial charge in [0.1, 0.15) is 0 Å². The Hall–Kier alpha value is -1.06. The molecule has 21 heavy (non-hydrogen) atoms. The quantitative estimate of drug-likeness (QED) is 0.848. The number of hydrogen-bond acceptors (Lipinski definition) is 2. The molecule has 1 aromatic carbocycles. The van der Waals surface area contributed by atoms with Crippen molar-refractivity contribution in [2.24, 2.45) is 0 Å². The van der Waals surface area contributed by atoms with Crippen molar-refractivity contribution in [1.29, 1.82) is 0 Å². The van der Waals surface area contributed by atoms with Crippen LogP contribution in [0.1, 0.15) is 37.3 Å². The van der Waals surface area contributed by atoms with Gasteiger partial charge in [0.05, 0.1) is 0 Å². The summed E-state index contributed by atoms with van der Waals surface area (Å²) in [6, 6.07) is 9.03. The maximum absolute atomic E-state index is 12.2. The Morgan fingerprint density at radius 1 is 1.29 bits per heavy atom. The molecule has 0 bridgehead atoms. The van der Waals surface area contributed by atoms with Crippen LogP contribution in [0.15, 0.2) is 24.3 Å². The molecular weight excluding hydrogens is 284 g/mol. The molecule has 0 spiro atoms. The van der Waals surface area contributed by atoms with Crippen molar-refractivity contribution in [3.63, 3.8) is 0 Å². The van der Waals surface area contributed by atoms with Crippen LogP contribution in [0.5, 0.6) is 0 Å². The van der Waals surface area contributed by atoms with E-state index < -0.39 is 0 Å². The van der Waals surface area contributed by atoms with Crippen LogP contribution in [0.25, 0.3) is 0 Å². The normalized spacial score (nSPS) is 18.2. The van der Waals surface area contributed by atoms with E-state index in [1.807, 2.05) is 4.90 Å². The first kappa shape index (κ1) is 18.0. The van der Waals surface area contributed by atoms with Gasteiger partial charge in [-0.15, -0.1) is 12.4 Å². The molecule has 1 aliphatic rings. The van der Waals surface area contributed by atoms with E-state index in [4.69, 9.17) is 0 Å². The molecule has 0 aliphatic carbocycles. The minimum Gasteiger partial charge on any atom is -0.337 e. The summed E-state index contributed by atoms with van der Waals surface area (Å²) >= 11 is 0. The highest BCUT2D eigenvalue weighted by molar-refractivity contribution is 5.85. The van der Waals surface area contributed by atoms with E-state index in [2.05, 4.69) is 43.4 Å². The van der Waals surface area contributed by atoms with Gasteiger partial charge in [-0.1, -0.05) is 29.8 Å². The van der Waals surface area contributed by atoms with E-state index in [-0.39, 0.29) is 12.4 Å². The maximum atomic E-state index is 12.2. The lowest BCUT2D eigenvalue weighted by molar-refractivity contribution is -0.134. The third-order valence-electron chi connectivity index (χ3n) is 4.05. The highest BCUT2D eigenvalue weighted by atomic mass is 35.5. The van der Waals surface area contributed by atoms with Gasteiger partial charge in [0.15, 0.2) is 0 Å². The van der Waals surface area contributed by atoms with Crippen LogP contribution in [0.3, 0.4) is 0 Å². The second-order valence-corrected chi connectivity index (χ2v) is 5.83. The molecule has 1 fully saturated rings. The molecule has 1 aliphatic heterocycles. The van der Waals surface area contributed by atoms with Crippen molar-refractivity contribution in [3.05, 3.63) is 35.4 Å². The predicted octanol–water partition coefficient (Wildman–Crippen LogP) is 2.95. The molecular formula is C17H27ClN2O. The Kier molecular flexibility index (Phi) is 7.76. The predicted molar refractivity (Wildman–Crippen MR) is 90.0 cm³/mol. The largest absolute Gasteiger partial charge is 0.337 e. The van der Waals surface area contributed by atoms with Gasteiger partial charge in [-0.2, -0.15) is 0 Å². The number of carbonyl (C=O) groups excluding carboxylic acids is 1. The zero-order valence-corrected chi connectivity index (χ0v) is 13.9. The lowest BCUT2D eigenvalue weighted by Crippen LogP contribution is -2.52. The van der Waals surface area contributed by atoms with Crippen molar-refractivity contribution in [2.75, 3.05) is 19.6 Å². The number of piperazine rings is 1. The first-order chi connectivity index (χ1) is 9.66. The van der Waals surface area contributed by atoms with Gasteiger partial charge in [-0.25, -0.2) is 0 Å². The first-order valence-corrected chi connectivity index (χ1v) is 7.72. The fraction of sp³-hybridized carbons (Fsp3) is 0.588. The van der Waals surface area contributed by atoms with Crippen LogP contribution in [0.2, 0.25) is 0 Å². The zero-order chi connectivity index (χ0) is 14.4. The van der Waals surface area contributed by atoms with Crippen molar-refractivity contribution >= 4 is 18.3 Å². The van der Waals surface area contributed by atoms with Crippen LogP contribution in [-0.4, -0.2) is 36.5 Å². The van der Waals surface area contributed by atoms with E-state index in [1.165, 1.54) is 11.1 Å². The molecule has 1 amide bonds. The van der Waals surface area contributed by atoms with Gasteiger partial charge in [-0.3, -0.25) is 4.79 Å². The van der Waals surface area contributed by atoms with Gasteiger partial charge in [0.2, 0.25) is 5.91 Å². The number of nitrogens with zero attached hydrogens (tertiary/aromatic N) is 1. The number of aryl methyl sites for hydroxylation is 2. The number of amides is 1. The molecule has 0 saturated carbocycles. The molecule has 1 atom stereocenters. The molecule has 3 nitrogen and oxygen atoms in total. The highest BCUT2D eigenvalue weighted by Gasteiger charge is 2.21. The van der Waals surface area contributed by atoms with Crippen molar-refractivity contribution in [2.45, 2.75) is 45.6 Å². The fourth-order valence-electron chi connectivity index (χ4n) is 2.72. The lowest BCUT2D eigenvalue weighted by Gasteiger charge is -2.34. The second-order valence-electron chi connectivity index (χ2n) is 5.83. The summed E-state index contributed by atoms with van der Waals surface area (Å²) in [5.74, 6) is 0.322. The third-order valence-corrected chi connectivity index (χ3v) is 4.05. The number of nitrogens with one attached hydrogen (secondary N) is 1. The minimum absolute atomic E-state index is 0. The molecule has 1 saturated heterocycles. The van der Waals surface area contributed by atoms with Crippen LogP contribution in [0.4, 0.5) is 0 Å². The third kappa shape index (κ3) is 5.68. The smallest absolute Gasteiger partial charge is 0.222 e. The maximum Gasteiger partial charge on any atom is 0.222 e. The average Bonchev–Trinajstić information content (AvgIpc) is 2.46. The number of unbranched alkanes of at least 4 members (excludes halogenated alkanes) is 1. The molecule has 1 unspecified atom stereocenters. The van der Waals surface area contributed by atoms with Crippen molar-refractivity contribution in [1.82, 2.24) is 10.2 Å². The summed E-state index contributed by atoms with van der Waals surface area (Å²) in [6.45, 7) is 6.94. The first-order valence-electron chi connectivity index (χ1n) is 7.72. The van der Waals surface area contributed by atoms with Gasteiger partial charge in [0, 0.05) is 32.1 Å². The van der Waals surface area contributed by atoms with Crippen LogP contribution >= 0.6 is 12.4 Å². The summed E-state index contributed by atoms with van der Waals surface area (Å²) < 4.78 is 0. The molecule has 1 aromatic rings. The topological polar surface area (TPSA) is 32.3 Å². The van der Waals surface area contributed by atoms with Gasteiger partial charge >= 0.3 is 0 Å². The van der Waals surface area contributed by atoms with E-state index >= 15 is 0 Å². The summed E-state index contributed by atoms with van der Waals surface area (Å²) in [7, 11) is 0. The molecule has 0 aromatic heterocycles. The van der Waals surface area contributed by atoms with Gasteiger partial charge in [0.25, 0.3) is 0 Å². The number of carbonyl (C=O) groups is 1. The van der Waals surface area contributed by atoms with E-state index in [1.54, 1.807) is 0 Å². The summed E-state index contributed by atoms with van der Waals surface area (Å²) in [5.41, 5.74) is 2.68.